The molecule has 0 aromatic heterocycles. The van der Waals surface area contributed by atoms with E-state index in [9.17, 15) is 18.0 Å². The van der Waals surface area contributed by atoms with Crippen LogP contribution >= 0.6 is 0 Å². The van der Waals surface area contributed by atoms with Gasteiger partial charge in [-0.2, -0.15) is 13.2 Å². The molecule has 96 valence electrons. The van der Waals surface area contributed by atoms with Crippen molar-refractivity contribution in [2.75, 3.05) is 19.6 Å². The van der Waals surface area contributed by atoms with Crippen LogP contribution in [0.2, 0.25) is 0 Å². The number of carbonyl (C=O) groups excluding carboxylic acids is 1. The number of alkyl halides is 3. The van der Waals surface area contributed by atoms with Crippen molar-refractivity contribution in [1.29, 1.82) is 0 Å². The van der Waals surface area contributed by atoms with E-state index >= 15 is 0 Å². The second-order valence-electron chi connectivity index (χ2n) is 3.40. The maximum absolute atomic E-state index is 11.8. The summed E-state index contributed by atoms with van der Waals surface area (Å²) in [5.41, 5.74) is 0. The van der Waals surface area contributed by atoms with Crippen LogP contribution < -0.4 is 10.6 Å². The number of halogens is 3. The van der Waals surface area contributed by atoms with Crippen LogP contribution in [0.4, 0.5) is 13.2 Å². The van der Waals surface area contributed by atoms with Crippen LogP contribution in [0.1, 0.15) is 26.7 Å². The normalized spacial score (nSPS) is 17.3. The first-order chi connectivity index (χ1) is 7.50. The predicted molar refractivity (Wildman–Crippen MR) is 56.0 cm³/mol. The first-order valence-corrected chi connectivity index (χ1v) is 5.56. The Hall–Kier alpha value is -0.780. The summed E-state index contributed by atoms with van der Waals surface area (Å²) < 4.78 is 35.3. The number of nitrogens with one attached hydrogen (secondary N) is 2. The Morgan fingerprint density at radius 1 is 1.31 bits per heavy atom. The van der Waals surface area contributed by atoms with Crippen LogP contribution in [0.3, 0.4) is 0 Å². The zero-order valence-electron chi connectivity index (χ0n) is 9.66. The van der Waals surface area contributed by atoms with Crippen molar-refractivity contribution in [3.05, 3.63) is 0 Å². The minimum atomic E-state index is -4.76. The van der Waals surface area contributed by atoms with Crippen molar-refractivity contribution in [1.82, 2.24) is 10.6 Å². The van der Waals surface area contributed by atoms with Crippen LogP contribution in [0.5, 0.6) is 0 Å². The summed E-state index contributed by atoms with van der Waals surface area (Å²) in [5, 5.41) is 5.00. The fraction of sp³-hybridized carbons (Fsp3) is 0.900. The Bertz CT molecular complexity index is 201. The van der Waals surface area contributed by atoms with Gasteiger partial charge in [-0.25, -0.2) is 0 Å². The van der Waals surface area contributed by atoms with E-state index in [-0.39, 0.29) is 12.5 Å². The predicted octanol–water partition coefficient (Wildman–Crippen LogP) is 1.69. The zero-order valence-corrected chi connectivity index (χ0v) is 9.66. The number of carbonyl (C=O) groups is 1. The van der Waals surface area contributed by atoms with Gasteiger partial charge in [0.15, 0.2) is 0 Å². The molecule has 1 amide bonds. The van der Waals surface area contributed by atoms with Gasteiger partial charge in [-0.15, -0.1) is 0 Å². The van der Waals surface area contributed by atoms with Crippen molar-refractivity contribution in [2.24, 2.45) is 5.92 Å². The fourth-order valence-electron chi connectivity index (χ4n) is 1.42. The third-order valence-electron chi connectivity index (χ3n) is 2.27. The highest BCUT2D eigenvalue weighted by atomic mass is 19.4. The topological polar surface area (TPSA) is 41.1 Å². The SMILES string of the molecule is CC.O=C(NCC1CCNCC1)C(F)(F)F. The van der Waals surface area contributed by atoms with Crippen LogP contribution in [-0.2, 0) is 4.79 Å². The number of rotatable bonds is 2. The smallest absolute Gasteiger partial charge is 0.348 e. The molecule has 0 saturated carbocycles. The molecule has 1 fully saturated rings. The molecule has 1 heterocycles. The lowest BCUT2D eigenvalue weighted by molar-refractivity contribution is -0.173. The van der Waals surface area contributed by atoms with E-state index < -0.39 is 12.1 Å². The second kappa shape index (κ2) is 7.49. The molecule has 3 nitrogen and oxygen atoms in total. The molecule has 2 N–H and O–H groups in total. The van der Waals surface area contributed by atoms with Gasteiger partial charge in [0.05, 0.1) is 0 Å². The summed E-state index contributed by atoms with van der Waals surface area (Å²) in [6.07, 6.45) is -3.12. The molecule has 0 aromatic rings. The standard InChI is InChI=1S/C8H13F3N2O.C2H6/c9-8(10,11)7(14)13-5-6-1-3-12-4-2-6;1-2/h6,12H,1-5H2,(H,13,14);1-2H3. The first-order valence-electron chi connectivity index (χ1n) is 5.56. The average molecular weight is 240 g/mol. The molecule has 6 heteroatoms. The number of hydrogen-bond donors (Lipinski definition) is 2. The summed E-state index contributed by atoms with van der Waals surface area (Å²) in [6, 6.07) is 0. The molecule has 0 aliphatic carbocycles. The summed E-state index contributed by atoms with van der Waals surface area (Å²) in [4.78, 5) is 10.5. The van der Waals surface area contributed by atoms with Gasteiger partial charge in [0.2, 0.25) is 0 Å². The largest absolute Gasteiger partial charge is 0.471 e. The van der Waals surface area contributed by atoms with Gasteiger partial charge in [-0.3, -0.25) is 4.79 Å². The van der Waals surface area contributed by atoms with E-state index in [1.807, 2.05) is 19.2 Å². The van der Waals surface area contributed by atoms with Crippen molar-refractivity contribution in [3.8, 4) is 0 Å². The van der Waals surface area contributed by atoms with Gasteiger partial charge < -0.3 is 10.6 Å². The summed E-state index contributed by atoms with van der Waals surface area (Å²) in [5.74, 6) is -1.67. The maximum atomic E-state index is 11.8. The Balaban J connectivity index is 0.00000106. The van der Waals surface area contributed by atoms with Crippen LogP contribution in [-0.4, -0.2) is 31.7 Å². The molecule has 1 saturated heterocycles. The second-order valence-corrected chi connectivity index (χ2v) is 3.40. The van der Waals surface area contributed by atoms with Crippen LogP contribution in [0.25, 0.3) is 0 Å². The van der Waals surface area contributed by atoms with Crippen molar-refractivity contribution in [2.45, 2.75) is 32.9 Å². The number of amides is 1. The lowest BCUT2D eigenvalue weighted by Crippen LogP contribution is -2.41. The Labute approximate surface area is 93.8 Å². The Morgan fingerprint density at radius 3 is 2.25 bits per heavy atom. The fourth-order valence-corrected chi connectivity index (χ4v) is 1.42. The van der Waals surface area contributed by atoms with Crippen LogP contribution in [0, 0.1) is 5.92 Å². The van der Waals surface area contributed by atoms with E-state index in [0.717, 1.165) is 25.9 Å². The lowest BCUT2D eigenvalue weighted by atomic mass is 9.98. The Kier molecular flexibility index (Phi) is 7.12. The monoisotopic (exact) mass is 240 g/mol. The van der Waals surface area contributed by atoms with Crippen molar-refractivity contribution in [3.63, 3.8) is 0 Å². The molecule has 0 aromatic carbocycles. The van der Waals surface area contributed by atoms with E-state index in [4.69, 9.17) is 0 Å². The Morgan fingerprint density at radius 2 is 1.81 bits per heavy atom. The van der Waals surface area contributed by atoms with Gasteiger partial charge >= 0.3 is 12.1 Å². The highest BCUT2D eigenvalue weighted by Crippen LogP contribution is 2.15. The van der Waals surface area contributed by atoms with Gasteiger partial charge in [0.25, 0.3) is 0 Å². The first kappa shape index (κ1) is 15.2. The molecule has 1 rings (SSSR count). The van der Waals surface area contributed by atoms with Gasteiger partial charge in [-0.1, -0.05) is 13.8 Å². The lowest BCUT2D eigenvalue weighted by Gasteiger charge is -2.22. The number of piperidine rings is 1. The molecular formula is C10H19F3N2O. The molecule has 0 unspecified atom stereocenters. The molecule has 1 aliphatic rings. The minimum absolute atomic E-state index is 0.125. The highest BCUT2D eigenvalue weighted by molar-refractivity contribution is 5.81. The van der Waals surface area contributed by atoms with Gasteiger partial charge in [0, 0.05) is 6.54 Å². The minimum Gasteiger partial charge on any atom is -0.348 e. The number of hydrogen-bond acceptors (Lipinski definition) is 2. The summed E-state index contributed by atoms with van der Waals surface area (Å²) in [7, 11) is 0. The molecule has 0 spiro atoms. The molecule has 16 heavy (non-hydrogen) atoms. The highest BCUT2D eigenvalue weighted by Gasteiger charge is 2.38. The third kappa shape index (κ3) is 5.95. The van der Waals surface area contributed by atoms with E-state index in [1.165, 1.54) is 0 Å². The van der Waals surface area contributed by atoms with Crippen LogP contribution in [0.15, 0.2) is 0 Å². The van der Waals surface area contributed by atoms with Gasteiger partial charge in [0.1, 0.15) is 0 Å². The molecule has 1 aliphatic heterocycles. The molecule has 0 atom stereocenters. The summed E-state index contributed by atoms with van der Waals surface area (Å²) in [6.45, 7) is 5.75. The van der Waals surface area contributed by atoms with Crippen molar-refractivity contribution >= 4 is 5.91 Å². The molecular weight excluding hydrogens is 221 g/mol. The quantitative estimate of drug-likeness (QED) is 0.771. The maximum Gasteiger partial charge on any atom is 0.471 e. The van der Waals surface area contributed by atoms with E-state index in [1.54, 1.807) is 0 Å². The molecule has 0 radical (unpaired) electrons. The van der Waals surface area contributed by atoms with Gasteiger partial charge in [-0.05, 0) is 31.8 Å². The van der Waals surface area contributed by atoms with E-state index in [2.05, 4.69) is 5.32 Å². The van der Waals surface area contributed by atoms with Crippen molar-refractivity contribution < 1.29 is 18.0 Å². The van der Waals surface area contributed by atoms with E-state index in [0.29, 0.717) is 0 Å². The summed E-state index contributed by atoms with van der Waals surface area (Å²) >= 11 is 0. The average Bonchev–Trinajstić information content (AvgIpc) is 2.28. The molecule has 0 bridgehead atoms. The third-order valence-corrected chi connectivity index (χ3v) is 2.27. The zero-order chi connectivity index (χ0) is 12.6.